The summed E-state index contributed by atoms with van der Waals surface area (Å²) in [6.45, 7) is 4.86. The Morgan fingerprint density at radius 2 is 1.96 bits per heavy atom. The molecular formula is C15H18ClNO4S2. The minimum Gasteiger partial charge on any atom is -0.482 e. The van der Waals surface area contributed by atoms with Crippen LogP contribution in [0.5, 0.6) is 5.75 Å². The number of ether oxygens (including phenoxy) is 1. The number of carbonyl (C=O) groups excluding carboxylic acids is 1. The average molecular weight is 376 g/mol. The van der Waals surface area contributed by atoms with Crippen LogP contribution in [0.25, 0.3) is 0 Å². The van der Waals surface area contributed by atoms with Crippen molar-refractivity contribution in [1.29, 1.82) is 0 Å². The molecule has 1 rings (SSSR count). The highest BCUT2D eigenvalue weighted by Crippen LogP contribution is 2.26. The van der Waals surface area contributed by atoms with Gasteiger partial charge in [0.25, 0.3) is 0 Å². The van der Waals surface area contributed by atoms with Gasteiger partial charge in [0.2, 0.25) is 5.91 Å². The molecule has 1 unspecified atom stereocenters. The number of carboxylic acids is 1. The SMILES string of the molecule is CC(=O)NC(CSC(=S)C(C)(C)Oc1ccc(Cl)cc1)C(=O)O. The van der Waals surface area contributed by atoms with E-state index in [-0.39, 0.29) is 5.75 Å². The van der Waals surface area contributed by atoms with Crippen molar-refractivity contribution in [2.24, 2.45) is 0 Å². The number of aliphatic carboxylic acids is 1. The first-order chi connectivity index (χ1) is 10.6. The molecule has 0 radical (unpaired) electrons. The van der Waals surface area contributed by atoms with Gasteiger partial charge in [0.15, 0.2) is 0 Å². The van der Waals surface area contributed by atoms with E-state index < -0.39 is 23.5 Å². The number of halogens is 1. The van der Waals surface area contributed by atoms with Crippen LogP contribution >= 0.6 is 35.6 Å². The van der Waals surface area contributed by atoms with Crippen LogP contribution in [-0.4, -0.2) is 38.6 Å². The number of nitrogens with one attached hydrogen (secondary N) is 1. The van der Waals surface area contributed by atoms with Crippen LogP contribution < -0.4 is 10.1 Å². The molecule has 0 bridgehead atoms. The van der Waals surface area contributed by atoms with Crippen LogP contribution in [0, 0.1) is 0 Å². The molecule has 2 N–H and O–H groups in total. The van der Waals surface area contributed by atoms with Crippen molar-refractivity contribution in [3.8, 4) is 5.75 Å². The van der Waals surface area contributed by atoms with Crippen LogP contribution in [0.4, 0.5) is 0 Å². The Morgan fingerprint density at radius 1 is 1.39 bits per heavy atom. The second-order valence-electron chi connectivity index (χ2n) is 5.26. The Morgan fingerprint density at radius 3 is 2.43 bits per heavy atom. The zero-order valence-corrected chi connectivity index (χ0v) is 15.3. The standard InChI is InChI=1S/C15H18ClNO4S2/c1-9(18)17-12(13(19)20)8-23-14(22)15(2,3)21-11-6-4-10(16)5-7-11/h4-7,12H,8H2,1-3H3,(H,17,18)(H,19,20). The highest BCUT2D eigenvalue weighted by Gasteiger charge is 2.28. The van der Waals surface area contributed by atoms with Crippen molar-refractivity contribution in [1.82, 2.24) is 5.32 Å². The maximum absolute atomic E-state index is 11.1. The highest BCUT2D eigenvalue weighted by molar-refractivity contribution is 8.23. The van der Waals surface area contributed by atoms with Gasteiger partial charge >= 0.3 is 5.97 Å². The largest absolute Gasteiger partial charge is 0.482 e. The van der Waals surface area contributed by atoms with E-state index >= 15 is 0 Å². The van der Waals surface area contributed by atoms with Crippen LogP contribution in [0.2, 0.25) is 5.02 Å². The molecule has 1 atom stereocenters. The highest BCUT2D eigenvalue weighted by atomic mass is 35.5. The molecule has 0 spiro atoms. The minimum absolute atomic E-state index is 0.126. The second-order valence-corrected chi connectivity index (χ2v) is 7.39. The van der Waals surface area contributed by atoms with Gasteiger partial charge in [-0.3, -0.25) is 4.79 Å². The van der Waals surface area contributed by atoms with Crippen molar-refractivity contribution in [2.45, 2.75) is 32.4 Å². The second kappa shape index (κ2) is 8.52. The van der Waals surface area contributed by atoms with Gasteiger partial charge in [-0.05, 0) is 38.1 Å². The van der Waals surface area contributed by atoms with E-state index in [9.17, 15) is 9.59 Å². The molecule has 0 aromatic heterocycles. The molecule has 1 aromatic rings. The van der Waals surface area contributed by atoms with E-state index in [1.54, 1.807) is 38.1 Å². The fraction of sp³-hybridized carbons (Fsp3) is 0.400. The first-order valence-electron chi connectivity index (χ1n) is 6.73. The summed E-state index contributed by atoms with van der Waals surface area (Å²) in [4.78, 5) is 22.1. The van der Waals surface area contributed by atoms with E-state index in [1.807, 2.05) is 0 Å². The third kappa shape index (κ3) is 6.76. The average Bonchev–Trinajstić information content (AvgIpc) is 2.44. The summed E-state index contributed by atoms with van der Waals surface area (Å²) in [6, 6.07) is 5.88. The number of benzene rings is 1. The lowest BCUT2D eigenvalue weighted by atomic mass is 10.2. The predicted octanol–water partition coefficient (Wildman–Crippen LogP) is 3.15. The summed E-state index contributed by atoms with van der Waals surface area (Å²) in [5, 5.41) is 12.1. The molecule has 0 aliphatic carbocycles. The van der Waals surface area contributed by atoms with Gasteiger partial charge < -0.3 is 15.2 Å². The molecule has 23 heavy (non-hydrogen) atoms. The number of hydrogen-bond acceptors (Lipinski definition) is 5. The molecule has 0 fully saturated rings. The fourth-order valence-electron chi connectivity index (χ4n) is 1.59. The Bertz CT molecular complexity index is 590. The van der Waals surface area contributed by atoms with E-state index in [0.29, 0.717) is 15.0 Å². The zero-order chi connectivity index (χ0) is 17.6. The van der Waals surface area contributed by atoms with Crippen molar-refractivity contribution < 1.29 is 19.4 Å². The summed E-state index contributed by atoms with van der Waals surface area (Å²) < 4.78 is 6.33. The Hall–Kier alpha value is -1.31. The molecular weight excluding hydrogens is 358 g/mol. The number of thiocarbonyl (C=S) groups is 1. The Labute approximate surface area is 149 Å². The topological polar surface area (TPSA) is 75.6 Å². The molecule has 0 heterocycles. The first-order valence-corrected chi connectivity index (χ1v) is 8.50. The van der Waals surface area contributed by atoms with Crippen molar-refractivity contribution in [3.63, 3.8) is 0 Å². The van der Waals surface area contributed by atoms with Crippen LogP contribution in [0.1, 0.15) is 20.8 Å². The number of thioether (sulfide) groups is 1. The molecule has 1 amide bonds. The van der Waals surface area contributed by atoms with Gasteiger partial charge in [0.1, 0.15) is 17.4 Å². The lowest BCUT2D eigenvalue weighted by molar-refractivity contribution is -0.140. The number of hydrogen-bond donors (Lipinski definition) is 2. The van der Waals surface area contributed by atoms with Crippen LogP contribution in [0.15, 0.2) is 24.3 Å². The summed E-state index contributed by atoms with van der Waals surface area (Å²) in [5.74, 6) is -0.771. The predicted molar refractivity (Wildman–Crippen MR) is 96.5 cm³/mol. The van der Waals surface area contributed by atoms with E-state index in [0.717, 1.165) is 0 Å². The Balaban J connectivity index is 2.65. The molecule has 0 saturated heterocycles. The van der Waals surface area contributed by atoms with Gasteiger partial charge in [0.05, 0.1) is 4.20 Å². The smallest absolute Gasteiger partial charge is 0.327 e. The number of amides is 1. The molecule has 0 aliphatic heterocycles. The summed E-state index contributed by atoms with van der Waals surface area (Å²) in [5.41, 5.74) is -0.785. The molecule has 8 heteroatoms. The third-order valence-corrected chi connectivity index (χ3v) is 5.09. The summed E-state index contributed by atoms with van der Waals surface area (Å²) >= 11 is 12.3. The normalized spacial score (nSPS) is 12.3. The number of rotatable bonds is 7. The van der Waals surface area contributed by atoms with Crippen molar-refractivity contribution >= 4 is 51.7 Å². The third-order valence-electron chi connectivity index (χ3n) is 2.73. The maximum Gasteiger partial charge on any atom is 0.327 e. The van der Waals surface area contributed by atoms with Gasteiger partial charge in [-0.15, -0.1) is 11.8 Å². The van der Waals surface area contributed by atoms with Gasteiger partial charge in [0, 0.05) is 17.7 Å². The molecule has 1 aromatic carbocycles. The minimum atomic E-state index is -1.10. The van der Waals surface area contributed by atoms with Gasteiger partial charge in [-0.25, -0.2) is 4.79 Å². The first kappa shape index (κ1) is 19.7. The van der Waals surface area contributed by atoms with Crippen LogP contribution in [0.3, 0.4) is 0 Å². The molecule has 0 aliphatic rings. The van der Waals surface area contributed by atoms with Crippen molar-refractivity contribution in [3.05, 3.63) is 29.3 Å². The fourth-order valence-corrected chi connectivity index (χ4v) is 2.90. The molecule has 126 valence electrons. The van der Waals surface area contributed by atoms with E-state index in [1.165, 1.54) is 18.7 Å². The summed E-state index contributed by atoms with van der Waals surface area (Å²) in [6.07, 6.45) is 0. The number of carbonyl (C=O) groups is 2. The maximum atomic E-state index is 11.1. The molecule has 0 saturated carbocycles. The summed E-state index contributed by atoms with van der Waals surface area (Å²) in [7, 11) is 0. The van der Waals surface area contributed by atoms with Gasteiger partial charge in [-0.1, -0.05) is 23.8 Å². The quantitative estimate of drug-likeness (QED) is 0.713. The van der Waals surface area contributed by atoms with Crippen LogP contribution in [-0.2, 0) is 9.59 Å². The zero-order valence-electron chi connectivity index (χ0n) is 13.0. The lowest BCUT2D eigenvalue weighted by Gasteiger charge is -2.27. The number of carboxylic acid groups (broad SMARTS) is 1. The monoisotopic (exact) mass is 375 g/mol. The lowest BCUT2D eigenvalue weighted by Crippen LogP contribution is -2.43. The van der Waals surface area contributed by atoms with Gasteiger partial charge in [-0.2, -0.15) is 0 Å². The van der Waals surface area contributed by atoms with Crippen molar-refractivity contribution in [2.75, 3.05) is 5.75 Å². The Kier molecular flexibility index (Phi) is 7.31. The molecule has 5 nitrogen and oxygen atoms in total. The van der Waals surface area contributed by atoms with E-state index in [4.69, 9.17) is 33.7 Å². The van der Waals surface area contributed by atoms with E-state index in [2.05, 4.69) is 5.32 Å².